The van der Waals surface area contributed by atoms with E-state index in [-0.39, 0.29) is 471 Å². The van der Waals surface area contributed by atoms with E-state index in [0.29, 0.717) is 0 Å². The minimum Gasteiger partial charge on any atom is 0 e. The molecular formula is C2H8AgAlCuEuFeGaI3InLaPdRhScTlV10Y+32. The second-order valence-corrected chi connectivity index (χ2v) is 0. The Kier molecular flexibility index (Phi) is 1920. The fraction of sp³-hybridized carbons (Fsp3) is 1.00. The summed E-state index contributed by atoms with van der Waals surface area (Å²) in [4.78, 5) is 0. The largest absolute Gasteiger partial charge is 3.00 e. The summed E-state index contributed by atoms with van der Waals surface area (Å²) < 4.78 is 0. The second-order valence-electron chi connectivity index (χ2n) is 0. The van der Waals surface area contributed by atoms with Gasteiger partial charge in [0.15, 0.2) is 0 Å². The Morgan fingerprint density at radius 1 is 0.679 bits per heavy atom. The van der Waals surface area contributed by atoms with Crippen molar-refractivity contribution in [3.8, 4) is 0 Å². The van der Waals surface area contributed by atoms with Gasteiger partial charge in [-0.05, 0) is 0 Å². The molecule has 0 aliphatic rings. The second kappa shape index (κ2) is 260. The molecule has 0 heterocycles. The van der Waals surface area contributed by atoms with Gasteiger partial charge in [-0.3, -0.25) is 0 Å². The van der Waals surface area contributed by atoms with E-state index in [1.807, 2.05) is 38.5 Å². The van der Waals surface area contributed by atoms with Crippen LogP contribution in [-0.2, 0) is 326 Å². The van der Waals surface area contributed by atoms with Gasteiger partial charge in [-0.1, -0.05) is 14.9 Å². The van der Waals surface area contributed by atoms with Crippen molar-refractivity contribution in [2.75, 3.05) is 0 Å². The van der Waals surface area contributed by atoms with Crippen LogP contribution in [0.1, 0.15) is 14.9 Å². The van der Waals surface area contributed by atoms with E-state index in [1.165, 1.54) is 0 Å². The van der Waals surface area contributed by atoms with Crippen LogP contribution >= 0.6 is 58.9 Å². The third-order valence-corrected chi connectivity index (χ3v) is 0. The number of hydrogen-bond acceptors (Lipinski definition) is 0. The van der Waals surface area contributed by atoms with E-state index < -0.39 is 0 Å². The molecule has 11 radical (unpaired) electrons. The standard InChI is InChI=1S/2CH4.Ag.Al.Cu.Eu.Fe.Ga.3HI.In.La.Pd.Rh.Sc.Tl.10V.Y/h2*1H4;;;;;;;3*1H;;;;;;;;;;;;;;;;;/q;;+1;+3;+2;3*+3;;;;2*+3;+2;3*+3;;;;;;;;;;;+3/p-3. The Balaban J connectivity index is -0.000000000151. The summed E-state index contributed by atoms with van der Waals surface area (Å²) in [7, 11) is 0. The maximum atomic E-state index is 4.16. The summed E-state index contributed by atoms with van der Waals surface area (Å²) >= 11 is 15.5. The molecule has 0 aliphatic carbocycles. The minimum absolute atomic E-state index is 0. The van der Waals surface area contributed by atoms with Gasteiger partial charge < -0.3 is 0 Å². The van der Waals surface area contributed by atoms with Crippen molar-refractivity contribution in [1.82, 2.24) is 0 Å². The Hall–Kier alpha value is 18.8. The first-order valence-corrected chi connectivity index (χ1v) is 12.4. The zero-order chi connectivity index (χ0) is 6.00. The molecule has 0 N–H and O–H groups in total. The van der Waals surface area contributed by atoms with Crippen molar-refractivity contribution in [3.05, 3.63) is 0 Å². The van der Waals surface area contributed by atoms with Gasteiger partial charge in [-0.15, -0.1) is 0 Å². The summed E-state index contributed by atoms with van der Waals surface area (Å²) in [5.41, 5.74) is 0. The van der Waals surface area contributed by atoms with Crippen molar-refractivity contribution >= 4 is 149 Å². The van der Waals surface area contributed by atoms with Crippen LogP contribution in [0.15, 0.2) is 0 Å². The van der Waals surface area contributed by atoms with Crippen LogP contribution in [0.3, 0.4) is 0 Å². The van der Waals surface area contributed by atoms with Gasteiger partial charge in [-0.25, -0.2) is 0 Å². The SMILES string of the molecule is C.C.[Ag][I].[Al+3].[Cu+][I].[Eu+3].[Fe+3].[Ga+3].[In+3].[La+3].[Pd+][I].[Rh+3].[Sc+3].[Tl+3].[V].[V].[V].[V].[V].[V].[V].[V].[V].[V].[Y+3]. The number of hydrogen-bond donors (Lipinski definition) is 0. The molecule has 0 bridgehead atoms. The third-order valence-electron chi connectivity index (χ3n) is 0. The average Bonchev–Trinajstić information content (AvgIpc) is 1.81. The fourth-order valence-electron chi connectivity index (χ4n) is 0. The Morgan fingerprint density at radius 3 is 0.679 bits per heavy atom. The maximum absolute atomic E-state index is 4.16. The van der Waals surface area contributed by atoms with E-state index in [4.69, 9.17) is 0 Å². The molecule has 0 spiro atoms. The van der Waals surface area contributed by atoms with Gasteiger partial charge in [-0.2, -0.15) is 0 Å². The van der Waals surface area contributed by atoms with Crippen LogP contribution in [0, 0.1) is 85.0 Å². The molecule has 0 saturated heterocycles. The monoisotopic (exact) mass is 2200 g/mol. The molecule has 0 fully saturated rings. The molecule has 0 atom stereocenters. The van der Waals surface area contributed by atoms with Crippen LogP contribution in [0.4, 0.5) is 0 Å². The quantitative estimate of drug-likeness (QED) is 0.259. The van der Waals surface area contributed by atoms with E-state index in [1.54, 1.807) is 20.3 Å². The van der Waals surface area contributed by atoms with Crippen molar-refractivity contribution < 1.29 is 411 Å². The van der Waals surface area contributed by atoms with Crippen molar-refractivity contribution in [2.45, 2.75) is 14.9 Å². The van der Waals surface area contributed by atoms with Crippen molar-refractivity contribution in [1.29, 1.82) is 0 Å². The average molecular weight is 2200 g/mol. The first-order chi connectivity index (χ1) is 3.00. The molecular weight excluding hydrogens is 2190 g/mol. The number of halogens is 3. The zero-order valence-corrected chi connectivity index (χ0v) is 60.8. The minimum atomic E-state index is 0. The summed E-state index contributed by atoms with van der Waals surface area (Å²) in [6.07, 6.45) is 0. The molecule has 26 heteroatoms. The molecule has 0 nitrogen and oxygen atoms in total. The maximum Gasteiger partial charge on any atom is 3.00 e. The van der Waals surface area contributed by atoms with Crippen LogP contribution in [0.5, 0.6) is 0 Å². The molecule has 0 aromatic heterocycles. The third kappa shape index (κ3) is 243. The number of rotatable bonds is 0. The van der Waals surface area contributed by atoms with E-state index >= 15 is 0 Å². The van der Waals surface area contributed by atoms with Crippen LogP contribution in [0.2, 0.25) is 0 Å². The fourth-order valence-corrected chi connectivity index (χ4v) is 0. The smallest absolute Gasteiger partial charge is 0 e. The molecule has 28 heavy (non-hydrogen) atoms. The molecule has 0 aromatic carbocycles. The van der Waals surface area contributed by atoms with E-state index in [0.717, 1.165) is 0 Å². The normalized spacial score (nSPS) is 0.750. The topological polar surface area (TPSA) is 0 Å². The van der Waals surface area contributed by atoms with Gasteiger partial charge in [0, 0.05) is 186 Å². The first-order valence-electron chi connectivity index (χ1n) is 0.347. The van der Waals surface area contributed by atoms with Gasteiger partial charge in [0.1, 0.15) is 0 Å². The molecule has 0 aromatic rings. The summed E-state index contributed by atoms with van der Waals surface area (Å²) in [6.45, 7) is 0. The predicted molar refractivity (Wildman–Crippen MR) is 78.5 cm³/mol. The zero-order valence-electron chi connectivity index (χ0n) is 11.6. The van der Waals surface area contributed by atoms with Gasteiger partial charge in [0.05, 0.1) is 0 Å². The first kappa shape index (κ1) is 206. The molecule has 0 rings (SSSR count). The van der Waals surface area contributed by atoms with Gasteiger partial charge >= 0.3 is 375 Å². The molecule has 0 aliphatic heterocycles. The summed E-state index contributed by atoms with van der Waals surface area (Å²) in [6, 6.07) is 0. The van der Waals surface area contributed by atoms with Crippen LogP contribution < -0.4 is 0 Å². The summed E-state index contributed by atoms with van der Waals surface area (Å²) in [5.74, 6) is 0. The molecule has 0 amide bonds. The van der Waals surface area contributed by atoms with Gasteiger partial charge in [0.25, 0.3) is 0 Å². The molecule has 0 unspecified atom stereocenters. The summed E-state index contributed by atoms with van der Waals surface area (Å²) in [5, 5.41) is 0. The predicted octanol–water partition coefficient (Wildman–Crippen LogP) is 2.36. The molecule has 0 saturated carbocycles. The Morgan fingerprint density at radius 2 is 0.679 bits per heavy atom. The van der Waals surface area contributed by atoms with Crippen LogP contribution in [-0.4, -0.2) is 90.3 Å². The van der Waals surface area contributed by atoms with Crippen molar-refractivity contribution in [3.63, 3.8) is 0 Å². The van der Waals surface area contributed by atoms with Gasteiger partial charge in [0.2, 0.25) is 0 Å². The Labute approximate surface area is 556 Å². The van der Waals surface area contributed by atoms with E-state index in [9.17, 15) is 0 Å². The molecule has 132 valence electrons. The van der Waals surface area contributed by atoms with Crippen molar-refractivity contribution in [2.24, 2.45) is 0 Å². The van der Waals surface area contributed by atoms with E-state index in [2.05, 4.69) is 45.6 Å². The Bertz CT molecular complexity index is 94.6. The van der Waals surface area contributed by atoms with Crippen LogP contribution in [0.25, 0.3) is 0 Å².